The van der Waals surface area contributed by atoms with E-state index < -0.39 is 0 Å². The lowest BCUT2D eigenvalue weighted by atomic mass is 9.92. The van der Waals surface area contributed by atoms with E-state index in [0.717, 1.165) is 49.0 Å². The number of ketones is 1. The number of Topliss-reactive ketones (excluding diaryl/α,β-unsaturated/α-hetero) is 1. The van der Waals surface area contributed by atoms with Crippen LogP contribution in [0.15, 0.2) is 0 Å². The maximum atomic E-state index is 12.4. The number of hydrogen-bond acceptors (Lipinski definition) is 2. The smallest absolute Gasteiger partial charge is 0.226 e. The summed E-state index contributed by atoms with van der Waals surface area (Å²) in [5.41, 5.74) is 4.09. The van der Waals surface area contributed by atoms with Gasteiger partial charge in [-0.05, 0) is 31.7 Å². The van der Waals surface area contributed by atoms with Gasteiger partial charge in [0.15, 0.2) is 5.78 Å². The van der Waals surface area contributed by atoms with Crippen molar-refractivity contribution in [3.8, 4) is 0 Å². The molecule has 4 nitrogen and oxygen atoms in total. The van der Waals surface area contributed by atoms with Crippen molar-refractivity contribution in [2.24, 2.45) is 0 Å². The van der Waals surface area contributed by atoms with E-state index in [4.69, 9.17) is 0 Å². The van der Waals surface area contributed by atoms with E-state index in [1.807, 2.05) is 0 Å². The van der Waals surface area contributed by atoms with Crippen LogP contribution in [-0.2, 0) is 24.2 Å². The third-order valence-corrected chi connectivity index (χ3v) is 4.42. The van der Waals surface area contributed by atoms with E-state index >= 15 is 0 Å². The van der Waals surface area contributed by atoms with Gasteiger partial charge in [-0.15, -0.1) is 0 Å². The normalized spacial score (nSPS) is 14.2. The van der Waals surface area contributed by atoms with Crippen molar-refractivity contribution in [3.63, 3.8) is 0 Å². The number of hydrogen-bond donors (Lipinski definition) is 0. The molecular formula is C17H26N2O2. The average Bonchev–Trinajstić information content (AvgIpc) is 2.70. The molecule has 0 unspecified atom stereocenters. The van der Waals surface area contributed by atoms with Crippen molar-refractivity contribution in [1.29, 1.82) is 0 Å². The maximum Gasteiger partial charge on any atom is 0.226 e. The van der Waals surface area contributed by atoms with Gasteiger partial charge in [0, 0.05) is 44.0 Å². The first-order valence-corrected chi connectivity index (χ1v) is 7.91. The molecule has 0 saturated carbocycles. The summed E-state index contributed by atoms with van der Waals surface area (Å²) in [6, 6.07) is 0. The van der Waals surface area contributed by atoms with Gasteiger partial charge in [0.25, 0.3) is 0 Å². The number of nitrogens with zero attached hydrogens (tertiary/aromatic N) is 2. The molecule has 0 atom stereocenters. The van der Waals surface area contributed by atoms with E-state index in [1.165, 1.54) is 5.69 Å². The molecule has 0 bridgehead atoms. The van der Waals surface area contributed by atoms with Gasteiger partial charge in [0.05, 0.1) is 6.42 Å². The molecule has 0 aliphatic heterocycles. The zero-order valence-corrected chi connectivity index (χ0v) is 13.7. The zero-order valence-electron chi connectivity index (χ0n) is 13.7. The van der Waals surface area contributed by atoms with Crippen molar-refractivity contribution in [3.05, 3.63) is 22.5 Å². The minimum atomic E-state index is 0.0620. The third-order valence-electron chi connectivity index (χ3n) is 4.42. The quantitative estimate of drug-likeness (QED) is 0.837. The summed E-state index contributed by atoms with van der Waals surface area (Å²) in [4.78, 5) is 26.0. The number of aromatic nitrogens is 1. The van der Waals surface area contributed by atoms with Crippen LogP contribution in [0.25, 0.3) is 0 Å². The SMILES string of the molecule is CCCCn1c(C)c(CC(=O)N(C)C)c2c1CCCC2=O. The molecule has 0 fully saturated rings. The highest BCUT2D eigenvalue weighted by atomic mass is 16.2. The molecule has 0 spiro atoms. The van der Waals surface area contributed by atoms with Gasteiger partial charge in [-0.25, -0.2) is 0 Å². The molecule has 2 rings (SSSR count). The van der Waals surface area contributed by atoms with E-state index in [-0.39, 0.29) is 11.7 Å². The molecule has 1 aliphatic rings. The molecule has 1 amide bonds. The highest BCUT2D eigenvalue weighted by molar-refractivity contribution is 6.01. The fourth-order valence-electron chi connectivity index (χ4n) is 3.13. The Morgan fingerprint density at radius 1 is 1.29 bits per heavy atom. The van der Waals surface area contributed by atoms with E-state index in [2.05, 4.69) is 18.4 Å². The van der Waals surface area contributed by atoms with Gasteiger partial charge < -0.3 is 9.47 Å². The van der Waals surface area contributed by atoms with Gasteiger partial charge in [-0.2, -0.15) is 0 Å². The van der Waals surface area contributed by atoms with Crippen LogP contribution in [-0.4, -0.2) is 35.3 Å². The molecule has 4 heteroatoms. The Labute approximate surface area is 127 Å². The highest BCUT2D eigenvalue weighted by Gasteiger charge is 2.28. The van der Waals surface area contributed by atoms with Gasteiger partial charge in [-0.3, -0.25) is 9.59 Å². The summed E-state index contributed by atoms with van der Waals surface area (Å²) in [5.74, 6) is 0.281. The summed E-state index contributed by atoms with van der Waals surface area (Å²) in [7, 11) is 3.53. The number of unbranched alkanes of at least 4 members (excludes halogenated alkanes) is 1. The monoisotopic (exact) mass is 290 g/mol. The van der Waals surface area contributed by atoms with Crippen LogP contribution in [0.1, 0.15) is 59.9 Å². The number of likely N-dealkylation sites (N-methyl/N-ethyl adjacent to an activating group) is 1. The number of carbonyl (C=O) groups excluding carboxylic acids is 2. The Balaban J connectivity index is 2.45. The first kappa shape index (κ1) is 15.8. The molecule has 1 aliphatic carbocycles. The average molecular weight is 290 g/mol. The lowest BCUT2D eigenvalue weighted by molar-refractivity contribution is -0.127. The van der Waals surface area contributed by atoms with Crippen LogP contribution in [0, 0.1) is 6.92 Å². The number of fused-ring (bicyclic) bond motifs is 1. The lowest BCUT2D eigenvalue weighted by Crippen LogP contribution is -2.24. The fraction of sp³-hybridized carbons (Fsp3) is 0.647. The Morgan fingerprint density at radius 2 is 2.00 bits per heavy atom. The summed E-state index contributed by atoms with van der Waals surface area (Å²) in [6.45, 7) is 5.18. The van der Waals surface area contributed by atoms with E-state index in [1.54, 1.807) is 19.0 Å². The topological polar surface area (TPSA) is 42.3 Å². The molecule has 0 N–H and O–H groups in total. The lowest BCUT2D eigenvalue weighted by Gasteiger charge is -2.16. The predicted molar refractivity (Wildman–Crippen MR) is 83.7 cm³/mol. The molecule has 1 aromatic heterocycles. The molecule has 0 aromatic carbocycles. The second kappa shape index (κ2) is 6.46. The first-order chi connectivity index (χ1) is 9.97. The standard InChI is InChI=1S/C17H26N2O2/c1-5-6-10-19-12(2)13(11-16(21)18(3)4)17-14(19)8-7-9-15(17)20/h5-11H2,1-4H3. The highest BCUT2D eigenvalue weighted by Crippen LogP contribution is 2.31. The van der Waals surface area contributed by atoms with E-state index in [9.17, 15) is 9.59 Å². The predicted octanol–water partition coefficient (Wildman–Crippen LogP) is 2.75. The molecule has 0 saturated heterocycles. The van der Waals surface area contributed by atoms with Crippen molar-refractivity contribution in [2.75, 3.05) is 14.1 Å². The van der Waals surface area contributed by atoms with Gasteiger partial charge in [0.2, 0.25) is 5.91 Å². The fourth-order valence-corrected chi connectivity index (χ4v) is 3.13. The third kappa shape index (κ3) is 3.04. The van der Waals surface area contributed by atoms with E-state index in [0.29, 0.717) is 12.8 Å². The molecule has 0 radical (unpaired) electrons. The second-order valence-electron chi connectivity index (χ2n) is 6.13. The van der Waals surface area contributed by atoms with Crippen LogP contribution in [0.2, 0.25) is 0 Å². The summed E-state index contributed by atoms with van der Waals surface area (Å²) >= 11 is 0. The molecular weight excluding hydrogens is 264 g/mol. The first-order valence-electron chi connectivity index (χ1n) is 7.91. The second-order valence-corrected chi connectivity index (χ2v) is 6.13. The van der Waals surface area contributed by atoms with Crippen LogP contribution in [0.3, 0.4) is 0 Å². The largest absolute Gasteiger partial charge is 0.349 e. The number of carbonyl (C=O) groups is 2. The van der Waals surface area contributed by atoms with Crippen LogP contribution in [0.5, 0.6) is 0 Å². The molecule has 1 heterocycles. The molecule has 21 heavy (non-hydrogen) atoms. The summed E-state index contributed by atoms with van der Waals surface area (Å²) in [6.07, 6.45) is 5.09. The molecule has 1 aromatic rings. The Bertz CT molecular complexity index is 556. The van der Waals surface area contributed by atoms with Crippen molar-refractivity contribution in [1.82, 2.24) is 9.47 Å². The number of amides is 1. The van der Waals surface area contributed by atoms with Gasteiger partial charge in [0.1, 0.15) is 0 Å². The zero-order chi connectivity index (χ0) is 15.6. The minimum absolute atomic E-state index is 0.0620. The molecule has 116 valence electrons. The Morgan fingerprint density at radius 3 is 2.62 bits per heavy atom. The van der Waals surface area contributed by atoms with Crippen molar-refractivity contribution in [2.45, 2.75) is 58.9 Å². The minimum Gasteiger partial charge on any atom is -0.349 e. The van der Waals surface area contributed by atoms with Gasteiger partial charge in [-0.1, -0.05) is 13.3 Å². The van der Waals surface area contributed by atoms with Crippen molar-refractivity contribution >= 4 is 11.7 Å². The summed E-state index contributed by atoms with van der Waals surface area (Å²) < 4.78 is 2.29. The maximum absolute atomic E-state index is 12.4. The Hall–Kier alpha value is -1.58. The summed E-state index contributed by atoms with van der Waals surface area (Å²) in [5, 5.41) is 0. The van der Waals surface area contributed by atoms with Crippen LogP contribution >= 0.6 is 0 Å². The van der Waals surface area contributed by atoms with Crippen molar-refractivity contribution < 1.29 is 9.59 Å². The van der Waals surface area contributed by atoms with Crippen LogP contribution < -0.4 is 0 Å². The number of rotatable bonds is 5. The Kier molecular flexibility index (Phi) is 4.86. The van der Waals surface area contributed by atoms with Crippen LogP contribution in [0.4, 0.5) is 0 Å². The van der Waals surface area contributed by atoms with Gasteiger partial charge >= 0.3 is 0 Å².